The minimum Gasteiger partial charge on any atom is -0.347 e. The molecule has 3 fully saturated rings. The highest BCUT2D eigenvalue weighted by Gasteiger charge is 2.44. The molecule has 1 aromatic carbocycles. The summed E-state index contributed by atoms with van der Waals surface area (Å²) in [5.74, 6) is -0.0741. The Kier molecular flexibility index (Phi) is 6.38. The number of sulfonamides is 1. The number of aryl methyl sites for hydroxylation is 1. The maximum absolute atomic E-state index is 13.1. The molecule has 1 unspecified atom stereocenters. The average Bonchev–Trinajstić information content (AvgIpc) is 3.62. The van der Waals surface area contributed by atoms with E-state index in [-0.39, 0.29) is 42.4 Å². The van der Waals surface area contributed by atoms with E-state index in [4.69, 9.17) is 0 Å². The number of amides is 1. The van der Waals surface area contributed by atoms with Crippen molar-refractivity contribution >= 4 is 26.8 Å². The van der Waals surface area contributed by atoms with Gasteiger partial charge in [-0.1, -0.05) is 6.07 Å². The van der Waals surface area contributed by atoms with E-state index in [1.807, 2.05) is 13.1 Å². The minimum absolute atomic E-state index is 0.110. The molecule has 1 atom stereocenters. The monoisotopic (exact) mass is 512 g/mol. The topological polar surface area (TPSA) is 83.4 Å². The Balaban J connectivity index is 1.20. The van der Waals surface area contributed by atoms with E-state index in [0.29, 0.717) is 31.6 Å². The van der Waals surface area contributed by atoms with Gasteiger partial charge in [0.1, 0.15) is 6.04 Å². The third-order valence-electron chi connectivity index (χ3n) is 7.64. The fourth-order valence-corrected chi connectivity index (χ4v) is 6.77. The highest BCUT2D eigenvalue weighted by molar-refractivity contribution is 7.89. The van der Waals surface area contributed by atoms with Gasteiger partial charge in [-0.25, -0.2) is 13.1 Å². The molecule has 0 bridgehead atoms. The molecule has 3 aliphatic rings. The standard InChI is InChI=1S/C24H31F3N4O3S/c1-30-20(15-2-3-15)12-17-6-9-19(13-21(17)30)35(33,34)29-18-7-4-16(5-8-18)23(32)31-11-10-28-22(14-31)24(25,26)27/h6,9,12-13,15-16,18,22,28-29H,2-5,7-8,10-11,14H2,1H3/t16-,18-,22?. The van der Waals surface area contributed by atoms with Crippen LogP contribution in [0.15, 0.2) is 29.2 Å². The van der Waals surface area contributed by atoms with Crippen LogP contribution in [0.25, 0.3) is 10.9 Å². The maximum Gasteiger partial charge on any atom is 0.405 e. The number of halogens is 3. The summed E-state index contributed by atoms with van der Waals surface area (Å²) < 4.78 is 70.2. The summed E-state index contributed by atoms with van der Waals surface area (Å²) >= 11 is 0. The van der Waals surface area contributed by atoms with Crippen LogP contribution in [0.1, 0.15) is 50.1 Å². The van der Waals surface area contributed by atoms with E-state index in [0.717, 1.165) is 10.9 Å². The summed E-state index contributed by atoms with van der Waals surface area (Å²) in [5.41, 5.74) is 2.12. The third-order valence-corrected chi connectivity index (χ3v) is 9.16. The molecule has 2 aliphatic carbocycles. The van der Waals surface area contributed by atoms with Crippen LogP contribution in [0, 0.1) is 5.92 Å². The molecule has 0 radical (unpaired) electrons. The smallest absolute Gasteiger partial charge is 0.347 e. The van der Waals surface area contributed by atoms with Crippen molar-refractivity contribution in [1.29, 1.82) is 0 Å². The number of hydrogen-bond donors (Lipinski definition) is 2. The van der Waals surface area contributed by atoms with Gasteiger partial charge in [0.2, 0.25) is 15.9 Å². The van der Waals surface area contributed by atoms with Crippen molar-refractivity contribution in [1.82, 2.24) is 19.5 Å². The largest absolute Gasteiger partial charge is 0.405 e. The molecule has 192 valence electrons. The second-order valence-electron chi connectivity index (χ2n) is 10.1. The Morgan fingerprint density at radius 2 is 1.80 bits per heavy atom. The van der Waals surface area contributed by atoms with Gasteiger partial charge in [0, 0.05) is 49.9 Å². The second-order valence-corrected chi connectivity index (χ2v) is 11.8. The number of alkyl halides is 3. The van der Waals surface area contributed by atoms with Crippen LogP contribution in [0.4, 0.5) is 13.2 Å². The number of piperazine rings is 1. The quantitative estimate of drug-likeness (QED) is 0.644. The number of nitrogens with zero attached hydrogens (tertiary/aromatic N) is 2. The van der Waals surface area contributed by atoms with Crippen LogP contribution in [0.5, 0.6) is 0 Å². The number of hydrogen-bond acceptors (Lipinski definition) is 4. The summed E-state index contributed by atoms with van der Waals surface area (Å²) in [6.45, 7) is -0.0141. The number of carbonyl (C=O) groups excluding carboxylic acids is 1. The molecule has 1 saturated heterocycles. The predicted molar refractivity (Wildman–Crippen MR) is 125 cm³/mol. The predicted octanol–water partition coefficient (Wildman–Crippen LogP) is 3.26. The third kappa shape index (κ3) is 5.08. The van der Waals surface area contributed by atoms with Gasteiger partial charge in [-0.05, 0) is 68.0 Å². The number of rotatable bonds is 5. The molecule has 1 aromatic heterocycles. The lowest BCUT2D eigenvalue weighted by Crippen LogP contribution is -2.59. The molecule has 0 spiro atoms. The average molecular weight is 513 g/mol. The lowest BCUT2D eigenvalue weighted by molar-refractivity contribution is -0.169. The first-order chi connectivity index (χ1) is 16.5. The van der Waals surface area contributed by atoms with Gasteiger partial charge in [-0.2, -0.15) is 13.2 Å². The first-order valence-corrected chi connectivity index (χ1v) is 13.7. The van der Waals surface area contributed by atoms with Crippen LogP contribution in [0.2, 0.25) is 0 Å². The molecule has 5 rings (SSSR count). The first-order valence-electron chi connectivity index (χ1n) is 12.2. The van der Waals surface area contributed by atoms with Gasteiger partial charge >= 0.3 is 6.18 Å². The van der Waals surface area contributed by atoms with Crippen LogP contribution in [-0.2, 0) is 21.9 Å². The van der Waals surface area contributed by atoms with Crippen molar-refractivity contribution in [2.45, 2.75) is 67.6 Å². The van der Waals surface area contributed by atoms with Crippen LogP contribution >= 0.6 is 0 Å². The number of carbonyl (C=O) groups is 1. The maximum atomic E-state index is 13.1. The fraction of sp³-hybridized carbons (Fsp3) is 0.625. The Bertz CT molecular complexity index is 1210. The lowest BCUT2D eigenvalue weighted by Gasteiger charge is -2.38. The highest BCUT2D eigenvalue weighted by Crippen LogP contribution is 2.42. The summed E-state index contributed by atoms with van der Waals surface area (Å²) in [6.07, 6.45) is -0.205. The Hall–Kier alpha value is -2.11. The zero-order chi connectivity index (χ0) is 25.0. The van der Waals surface area contributed by atoms with Crippen molar-refractivity contribution in [2.24, 2.45) is 13.0 Å². The fourth-order valence-electron chi connectivity index (χ4n) is 5.44. The van der Waals surface area contributed by atoms with Crippen molar-refractivity contribution in [3.8, 4) is 0 Å². The van der Waals surface area contributed by atoms with Crippen LogP contribution in [-0.4, -0.2) is 61.7 Å². The number of fused-ring (bicyclic) bond motifs is 1. The van der Waals surface area contributed by atoms with Crippen molar-refractivity contribution in [2.75, 3.05) is 19.6 Å². The number of nitrogens with one attached hydrogen (secondary N) is 2. The minimum atomic E-state index is -4.39. The van der Waals surface area contributed by atoms with Gasteiger partial charge < -0.3 is 14.8 Å². The van der Waals surface area contributed by atoms with Crippen molar-refractivity contribution in [3.63, 3.8) is 0 Å². The van der Waals surface area contributed by atoms with E-state index in [9.17, 15) is 26.4 Å². The summed E-state index contributed by atoms with van der Waals surface area (Å²) in [6, 6.07) is 5.29. The summed E-state index contributed by atoms with van der Waals surface area (Å²) in [4.78, 5) is 14.4. The molecular weight excluding hydrogens is 481 g/mol. The van der Waals surface area contributed by atoms with E-state index in [1.165, 1.54) is 23.4 Å². The van der Waals surface area contributed by atoms with Gasteiger partial charge in [0.25, 0.3) is 0 Å². The van der Waals surface area contributed by atoms with Gasteiger partial charge in [-0.15, -0.1) is 0 Å². The van der Waals surface area contributed by atoms with Crippen molar-refractivity contribution < 1.29 is 26.4 Å². The second kappa shape index (κ2) is 9.08. The van der Waals surface area contributed by atoms with Gasteiger partial charge in [0.15, 0.2) is 0 Å². The molecule has 2 N–H and O–H groups in total. The summed E-state index contributed by atoms with van der Waals surface area (Å²) in [5, 5.41) is 3.44. The van der Waals surface area contributed by atoms with E-state index >= 15 is 0 Å². The first kappa shape index (κ1) is 24.6. The zero-order valence-corrected chi connectivity index (χ0v) is 20.5. The molecule has 7 nitrogen and oxygen atoms in total. The number of benzene rings is 1. The molecule has 11 heteroatoms. The normalized spacial score (nSPS) is 26.3. The van der Waals surface area contributed by atoms with E-state index in [1.54, 1.807) is 12.1 Å². The van der Waals surface area contributed by atoms with Crippen molar-refractivity contribution in [3.05, 3.63) is 30.0 Å². The Morgan fingerprint density at radius 1 is 1.09 bits per heavy atom. The van der Waals surface area contributed by atoms with E-state index < -0.39 is 22.2 Å². The van der Waals surface area contributed by atoms with Crippen LogP contribution in [0.3, 0.4) is 0 Å². The molecule has 35 heavy (non-hydrogen) atoms. The van der Waals surface area contributed by atoms with Gasteiger partial charge in [-0.3, -0.25) is 4.79 Å². The molecule has 1 amide bonds. The summed E-state index contributed by atoms with van der Waals surface area (Å²) in [7, 11) is -1.77. The number of aromatic nitrogens is 1. The zero-order valence-electron chi connectivity index (χ0n) is 19.6. The molecule has 2 saturated carbocycles. The Morgan fingerprint density at radius 3 is 2.46 bits per heavy atom. The SMILES string of the molecule is Cn1c(C2CC2)cc2ccc(S(=O)(=O)N[C@H]3CC[C@H](C(=O)N4CCNC(C(F)(F)F)C4)CC3)cc21. The molecule has 2 aromatic rings. The molecular formula is C24H31F3N4O3S. The van der Waals surface area contributed by atoms with Crippen LogP contribution < -0.4 is 10.0 Å². The highest BCUT2D eigenvalue weighted by atomic mass is 32.2. The molecule has 1 aliphatic heterocycles. The molecule has 2 heterocycles. The van der Waals surface area contributed by atoms with Gasteiger partial charge in [0.05, 0.1) is 4.90 Å². The lowest BCUT2D eigenvalue weighted by atomic mass is 9.85. The van der Waals surface area contributed by atoms with E-state index in [2.05, 4.69) is 20.7 Å². The Labute approximate surface area is 203 Å².